The largest absolute Gasteiger partial charge is 0.507 e. The Bertz CT molecular complexity index is 597. The van der Waals surface area contributed by atoms with E-state index >= 15 is 0 Å². The first kappa shape index (κ1) is 12.6. The molecule has 104 valence electrons. The molecule has 0 unspecified atom stereocenters. The minimum Gasteiger partial charge on any atom is -0.507 e. The molecule has 3 rings (SSSR count). The van der Waals surface area contributed by atoms with Crippen LogP contribution in [0.25, 0.3) is 0 Å². The number of benzene rings is 1. The molecule has 0 atom stereocenters. The predicted molar refractivity (Wildman–Crippen MR) is 71.4 cm³/mol. The molecule has 0 bridgehead atoms. The summed E-state index contributed by atoms with van der Waals surface area (Å²) in [4.78, 5) is 14.2. The van der Waals surface area contributed by atoms with Crippen LogP contribution in [0.3, 0.4) is 0 Å². The van der Waals surface area contributed by atoms with E-state index in [4.69, 9.17) is 4.42 Å². The fourth-order valence-electron chi connectivity index (χ4n) is 2.21. The molecule has 0 spiro atoms. The normalized spacial score (nSPS) is 14.2. The zero-order chi connectivity index (χ0) is 14.1. The highest BCUT2D eigenvalue weighted by Gasteiger charge is 2.35. The summed E-state index contributed by atoms with van der Waals surface area (Å²) < 4.78 is 5.27. The van der Waals surface area contributed by atoms with Crippen molar-refractivity contribution in [2.45, 2.75) is 25.4 Å². The number of phenols is 2. The van der Waals surface area contributed by atoms with E-state index in [1.165, 1.54) is 18.2 Å². The minimum atomic E-state index is -0.375. The molecule has 0 aliphatic heterocycles. The molecule has 5 nitrogen and oxygen atoms in total. The molecule has 1 aliphatic carbocycles. The number of rotatable bonds is 4. The summed E-state index contributed by atoms with van der Waals surface area (Å²) in [6, 6.07) is 7.99. The number of hydrogen-bond acceptors (Lipinski definition) is 4. The van der Waals surface area contributed by atoms with E-state index in [0.29, 0.717) is 12.3 Å². The van der Waals surface area contributed by atoms with E-state index in [1.54, 1.807) is 23.3 Å². The van der Waals surface area contributed by atoms with E-state index in [9.17, 15) is 15.0 Å². The number of nitrogens with zero attached hydrogens (tertiary/aromatic N) is 1. The molecule has 2 aromatic rings. The third-order valence-corrected chi connectivity index (χ3v) is 3.39. The Balaban J connectivity index is 1.89. The fraction of sp³-hybridized carbons (Fsp3) is 0.267. The van der Waals surface area contributed by atoms with Crippen molar-refractivity contribution < 1.29 is 19.4 Å². The number of aromatic hydroxyl groups is 2. The van der Waals surface area contributed by atoms with Gasteiger partial charge in [0.1, 0.15) is 22.8 Å². The van der Waals surface area contributed by atoms with Crippen LogP contribution >= 0.6 is 0 Å². The first-order valence-electron chi connectivity index (χ1n) is 6.51. The van der Waals surface area contributed by atoms with Crippen LogP contribution in [0.1, 0.15) is 29.0 Å². The number of furan rings is 1. The molecule has 1 aromatic carbocycles. The van der Waals surface area contributed by atoms with E-state index in [2.05, 4.69) is 0 Å². The zero-order valence-electron chi connectivity index (χ0n) is 10.8. The van der Waals surface area contributed by atoms with Gasteiger partial charge >= 0.3 is 0 Å². The summed E-state index contributed by atoms with van der Waals surface area (Å²) in [7, 11) is 0. The molecule has 1 fully saturated rings. The van der Waals surface area contributed by atoms with Crippen LogP contribution in [-0.2, 0) is 6.54 Å². The molecular weight excluding hydrogens is 258 g/mol. The van der Waals surface area contributed by atoms with E-state index in [1.807, 2.05) is 0 Å². The highest BCUT2D eigenvalue weighted by molar-refractivity contribution is 5.99. The van der Waals surface area contributed by atoms with E-state index in [-0.39, 0.29) is 29.0 Å². The average Bonchev–Trinajstić information content (AvgIpc) is 3.12. The van der Waals surface area contributed by atoms with Gasteiger partial charge in [0.25, 0.3) is 5.91 Å². The molecule has 1 amide bonds. The summed E-state index contributed by atoms with van der Waals surface area (Å²) in [6.45, 7) is 0.338. The first-order chi connectivity index (χ1) is 9.66. The van der Waals surface area contributed by atoms with Crippen molar-refractivity contribution in [3.05, 3.63) is 47.9 Å². The van der Waals surface area contributed by atoms with Crippen molar-refractivity contribution in [1.29, 1.82) is 0 Å². The number of carbonyl (C=O) groups is 1. The van der Waals surface area contributed by atoms with Crippen molar-refractivity contribution in [3.8, 4) is 11.5 Å². The van der Waals surface area contributed by atoms with Gasteiger partial charge in [0.15, 0.2) is 0 Å². The second-order valence-electron chi connectivity index (χ2n) is 4.91. The van der Waals surface area contributed by atoms with Crippen LogP contribution in [0.15, 0.2) is 41.0 Å². The van der Waals surface area contributed by atoms with Gasteiger partial charge in [-0.1, -0.05) is 6.07 Å². The molecule has 1 saturated carbocycles. The number of hydrogen-bond donors (Lipinski definition) is 2. The highest BCUT2D eigenvalue weighted by Crippen LogP contribution is 2.34. The minimum absolute atomic E-state index is 0.0500. The maximum Gasteiger partial charge on any atom is 0.262 e. The molecule has 20 heavy (non-hydrogen) atoms. The quantitative estimate of drug-likeness (QED) is 0.897. The van der Waals surface area contributed by atoms with Gasteiger partial charge in [-0.2, -0.15) is 0 Å². The second-order valence-corrected chi connectivity index (χ2v) is 4.91. The summed E-state index contributed by atoms with van der Waals surface area (Å²) in [5.74, 6) is -0.111. The van der Waals surface area contributed by atoms with Crippen molar-refractivity contribution in [2.75, 3.05) is 0 Å². The van der Waals surface area contributed by atoms with Crippen LogP contribution in [0.4, 0.5) is 0 Å². The van der Waals surface area contributed by atoms with Crippen LogP contribution in [-0.4, -0.2) is 27.1 Å². The lowest BCUT2D eigenvalue weighted by Gasteiger charge is -2.22. The first-order valence-corrected chi connectivity index (χ1v) is 6.51. The van der Waals surface area contributed by atoms with Gasteiger partial charge in [-0.15, -0.1) is 0 Å². The standard InChI is InChI=1S/C15H15NO4/c17-12-4-1-5-13(18)14(12)15(19)16(10-6-7-10)9-11-3-2-8-20-11/h1-5,8,10,17-18H,6-7,9H2. The maximum atomic E-state index is 12.6. The lowest BCUT2D eigenvalue weighted by Crippen LogP contribution is -2.32. The lowest BCUT2D eigenvalue weighted by atomic mass is 10.1. The predicted octanol–water partition coefficient (Wildman–Crippen LogP) is 2.50. The Morgan fingerprint density at radius 3 is 2.45 bits per heavy atom. The molecule has 1 aromatic heterocycles. The third-order valence-electron chi connectivity index (χ3n) is 3.39. The van der Waals surface area contributed by atoms with Crippen molar-refractivity contribution in [3.63, 3.8) is 0 Å². The molecule has 2 N–H and O–H groups in total. The number of carbonyl (C=O) groups excluding carboxylic acids is 1. The second kappa shape index (κ2) is 4.92. The average molecular weight is 273 g/mol. The van der Waals surface area contributed by atoms with Crippen LogP contribution in [0.2, 0.25) is 0 Å². The van der Waals surface area contributed by atoms with Gasteiger partial charge < -0.3 is 19.5 Å². The van der Waals surface area contributed by atoms with Gasteiger partial charge in [-0.25, -0.2) is 0 Å². The van der Waals surface area contributed by atoms with Crippen LogP contribution in [0.5, 0.6) is 11.5 Å². The topological polar surface area (TPSA) is 73.9 Å². The van der Waals surface area contributed by atoms with Gasteiger partial charge in [-0.3, -0.25) is 4.79 Å². The van der Waals surface area contributed by atoms with Gasteiger partial charge in [0.05, 0.1) is 12.8 Å². The summed E-state index contributed by atoms with van der Waals surface area (Å²) in [5, 5.41) is 19.6. The smallest absolute Gasteiger partial charge is 0.262 e. The highest BCUT2D eigenvalue weighted by atomic mass is 16.3. The number of phenolic OH excluding ortho intramolecular Hbond substituents is 2. The van der Waals surface area contributed by atoms with E-state index in [0.717, 1.165) is 12.8 Å². The van der Waals surface area contributed by atoms with Crippen molar-refractivity contribution in [1.82, 2.24) is 4.90 Å². The molecule has 0 saturated heterocycles. The zero-order valence-corrected chi connectivity index (χ0v) is 10.8. The van der Waals surface area contributed by atoms with Crippen molar-refractivity contribution in [2.24, 2.45) is 0 Å². The van der Waals surface area contributed by atoms with Crippen LogP contribution < -0.4 is 0 Å². The van der Waals surface area contributed by atoms with E-state index < -0.39 is 0 Å². The Morgan fingerprint density at radius 1 is 1.20 bits per heavy atom. The molecular formula is C15H15NO4. The summed E-state index contributed by atoms with van der Waals surface area (Å²) in [5.41, 5.74) is -0.0500. The Hall–Kier alpha value is -2.43. The van der Waals surface area contributed by atoms with Crippen molar-refractivity contribution >= 4 is 5.91 Å². The lowest BCUT2D eigenvalue weighted by molar-refractivity contribution is 0.0711. The Labute approximate surface area is 116 Å². The fourth-order valence-corrected chi connectivity index (χ4v) is 2.21. The van der Waals surface area contributed by atoms with Gasteiger partial charge in [-0.05, 0) is 37.1 Å². The maximum absolute atomic E-state index is 12.6. The molecule has 1 heterocycles. The third kappa shape index (κ3) is 2.34. The van der Waals surface area contributed by atoms with Gasteiger partial charge in [0.2, 0.25) is 0 Å². The molecule has 5 heteroatoms. The summed E-state index contributed by atoms with van der Waals surface area (Å²) >= 11 is 0. The monoisotopic (exact) mass is 273 g/mol. The Kier molecular flexibility index (Phi) is 3.10. The van der Waals surface area contributed by atoms with Crippen LogP contribution in [0, 0.1) is 0 Å². The summed E-state index contributed by atoms with van der Waals surface area (Å²) in [6.07, 6.45) is 3.42. The number of amides is 1. The molecule has 1 aliphatic rings. The Morgan fingerprint density at radius 2 is 1.90 bits per heavy atom. The molecule has 0 radical (unpaired) electrons. The van der Waals surface area contributed by atoms with Gasteiger partial charge in [0, 0.05) is 6.04 Å². The SMILES string of the molecule is O=C(c1c(O)cccc1O)N(Cc1ccco1)C1CC1.